The van der Waals surface area contributed by atoms with Crippen LogP contribution in [0.4, 0.5) is 17.2 Å². The van der Waals surface area contributed by atoms with E-state index in [1.165, 1.54) is 11.4 Å². The van der Waals surface area contributed by atoms with Gasteiger partial charge in [0.1, 0.15) is 23.5 Å². The van der Waals surface area contributed by atoms with Crippen molar-refractivity contribution in [1.82, 2.24) is 30.0 Å². The smallest absolute Gasteiger partial charge is 0.272 e. The Balaban J connectivity index is 1.45. The van der Waals surface area contributed by atoms with Crippen molar-refractivity contribution in [2.75, 3.05) is 30.0 Å². The Bertz CT molecular complexity index is 1590. The van der Waals surface area contributed by atoms with E-state index in [2.05, 4.69) is 36.3 Å². The molecule has 3 heterocycles. The molecule has 1 aliphatic heterocycles. The van der Waals surface area contributed by atoms with Gasteiger partial charge in [-0.3, -0.25) is 9.59 Å². The largest absolute Gasteiger partial charge is 0.494 e. The first kappa shape index (κ1) is 28.6. The van der Waals surface area contributed by atoms with Crippen LogP contribution in [0.1, 0.15) is 35.6 Å². The fourth-order valence-corrected chi connectivity index (χ4v) is 5.78. The van der Waals surface area contributed by atoms with Gasteiger partial charge in [-0.2, -0.15) is 9.29 Å². The van der Waals surface area contributed by atoms with Crippen LogP contribution in [0, 0.1) is 5.92 Å². The summed E-state index contributed by atoms with van der Waals surface area (Å²) in [4.78, 5) is 29.8. The summed E-state index contributed by atoms with van der Waals surface area (Å²) < 4.78 is 36.7. The van der Waals surface area contributed by atoms with Crippen molar-refractivity contribution in [3.05, 3.63) is 35.9 Å². The molecule has 18 heteroatoms. The first-order chi connectivity index (χ1) is 19.4. The number of nitrogens with zero attached hydrogens (tertiary/aromatic N) is 5. The Morgan fingerprint density at radius 2 is 1.98 bits per heavy atom. The molecule has 3 N–H and O–H groups in total. The summed E-state index contributed by atoms with van der Waals surface area (Å²) in [6.07, 6.45) is 2.20. The van der Waals surface area contributed by atoms with Crippen LogP contribution in [0.3, 0.4) is 0 Å². The van der Waals surface area contributed by atoms with Gasteiger partial charge in [0, 0.05) is 18.5 Å². The average Bonchev–Trinajstić information content (AvgIpc) is 3.57. The van der Waals surface area contributed by atoms with Crippen molar-refractivity contribution in [3.63, 3.8) is 0 Å². The Morgan fingerprint density at radius 3 is 2.63 bits per heavy atom. The molecule has 0 atom stereocenters. The molecular formula is C23H29B3N8O6S. The zero-order chi connectivity index (χ0) is 29.4. The highest BCUT2D eigenvalue weighted by Crippen LogP contribution is 2.38. The quantitative estimate of drug-likeness (QED) is 0.236. The van der Waals surface area contributed by atoms with Crippen LogP contribution in [-0.4, -0.2) is 93.1 Å². The molecule has 14 nitrogen and oxygen atoms in total. The predicted octanol–water partition coefficient (Wildman–Crippen LogP) is -1.60. The average molecular weight is 578 g/mol. The van der Waals surface area contributed by atoms with Crippen molar-refractivity contribution >= 4 is 62.6 Å². The third-order valence-electron chi connectivity index (χ3n) is 6.41. The number of methoxy groups -OCH3 is 1. The van der Waals surface area contributed by atoms with Gasteiger partial charge in [0.25, 0.3) is 5.91 Å². The Hall–Kier alpha value is -3.92. The molecule has 2 amide bonds. The van der Waals surface area contributed by atoms with Gasteiger partial charge in [-0.25, -0.2) is 8.42 Å². The number of sulfonamides is 1. The number of para-hydroxylation sites is 1. The first-order valence-electron chi connectivity index (χ1n) is 13.2. The minimum atomic E-state index is -3.33. The van der Waals surface area contributed by atoms with Gasteiger partial charge in [-0.1, -0.05) is 11.2 Å². The van der Waals surface area contributed by atoms with E-state index < -0.39 is 21.2 Å². The van der Waals surface area contributed by atoms with Gasteiger partial charge in [0.05, 0.1) is 36.3 Å². The number of anilines is 3. The van der Waals surface area contributed by atoms with E-state index in [0.29, 0.717) is 30.0 Å². The predicted molar refractivity (Wildman–Crippen MR) is 158 cm³/mol. The number of amides is 2. The summed E-state index contributed by atoms with van der Waals surface area (Å²) in [5.41, 5.74) is 1.24. The maximum atomic E-state index is 13.1. The molecule has 1 aliphatic carbocycles. The molecular weight excluding hydrogens is 549 g/mol. The second kappa shape index (κ2) is 11.2. The highest BCUT2D eigenvalue weighted by molar-refractivity contribution is 7.89. The number of carbonyl (C=O) groups excluding carboxylic acids is 2. The van der Waals surface area contributed by atoms with Crippen molar-refractivity contribution in [2.24, 2.45) is 5.92 Å². The lowest BCUT2D eigenvalue weighted by molar-refractivity contribution is -0.117. The van der Waals surface area contributed by atoms with Crippen LogP contribution < -0.4 is 20.7 Å². The SMILES string of the molecule is BC(B)(B)NC(=O)c1nnc(NC(=O)C2CC2)cc1Nc1cccc(-c2noc(CN3CCCS3(=O)=O)n2)c1OC. The second-order valence-corrected chi connectivity index (χ2v) is 13.1. The molecule has 0 unspecified atom stereocenters. The zero-order valence-electron chi connectivity index (χ0n) is 23.2. The second-order valence-electron chi connectivity index (χ2n) is 11.0. The molecule has 2 aliphatic rings. The Morgan fingerprint density at radius 1 is 1.20 bits per heavy atom. The standard InChI is InChI=1S/C23H29B3N8O6S/c1-39-19-13(20-29-17(40-33-20)11-34-8-3-9-41(34,37)38)4-2-5-14(19)27-15-10-16(28-21(35)12-6-7-12)31-32-18(15)22(36)30-23(24,25)26/h2,4-5,10,12H,3,6-9,11,24-26H2,1H3,(H,30,36)(H2,27,28,31,35). The van der Waals surface area contributed by atoms with E-state index >= 15 is 0 Å². The third-order valence-corrected chi connectivity index (χ3v) is 8.31. The number of nitrogens with one attached hydrogen (secondary N) is 3. The van der Waals surface area contributed by atoms with Crippen LogP contribution >= 0.6 is 0 Å². The number of aromatic nitrogens is 4. The van der Waals surface area contributed by atoms with Crippen LogP contribution in [0.15, 0.2) is 28.8 Å². The summed E-state index contributed by atoms with van der Waals surface area (Å²) in [7, 11) is 3.69. The van der Waals surface area contributed by atoms with E-state index in [1.807, 2.05) is 23.5 Å². The number of hydrogen-bond donors (Lipinski definition) is 3. The number of ether oxygens (including phenoxy) is 1. The van der Waals surface area contributed by atoms with Crippen LogP contribution in [0.5, 0.6) is 5.75 Å². The summed E-state index contributed by atoms with van der Waals surface area (Å²) in [5, 5.41) is 20.5. The highest BCUT2D eigenvalue weighted by atomic mass is 32.2. The molecule has 1 aromatic carbocycles. The van der Waals surface area contributed by atoms with Gasteiger partial charge >= 0.3 is 0 Å². The van der Waals surface area contributed by atoms with Crippen molar-refractivity contribution in [1.29, 1.82) is 0 Å². The highest BCUT2D eigenvalue weighted by Gasteiger charge is 2.31. The van der Waals surface area contributed by atoms with Gasteiger partial charge in [-0.05, 0) is 36.6 Å². The minimum Gasteiger partial charge on any atom is -0.494 e. The van der Waals surface area contributed by atoms with Crippen molar-refractivity contribution in [3.8, 4) is 17.1 Å². The van der Waals surface area contributed by atoms with Crippen molar-refractivity contribution < 1.29 is 27.3 Å². The van der Waals surface area contributed by atoms with Crippen LogP contribution in [-0.2, 0) is 21.4 Å². The lowest BCUT2D eigenvalue weighted by Crippen LogP contribution is -2.50. The monoisotopic (exact) mass is 578 g/mol. The molecule has 1 saturated heterocycles. The maximum absolute atomic E-state index is 13.1. The molecule has 1 saturated carbocycles. The summed E-state index contributed by atoms with van der Waals surface area (Å²) in [5.74, 6) is 0.353. The molecule has 0 bridgehead atoms. The van der Waals surface area contributed by atoms with E-state index in [0.717, 1.165) is 12.8 Å². The number of hydrogen-bond acceptors (Lipinski definition) is 11. The number of benzene rings is 1. The Labute approximate surface area is 239 Å². The lowest BCUT2D eigenvalue weighted by Gasteiger charge is -2.21. The molecule has 212 valence electrons. The fraction of sp³-hybridized carbons (Fsp3) is 0.391. The first-order valence-corrected chi connectivity index (χ1v) is 14.8. The molecule has 3 aromatic rings. The summed E-state index contributed by atoms with van der Waals surface area (Å²) >= 11 is 0. The molecule has 0 radical (unpaired) electrons. The molecule has 2 fully saturated rings. The molecule has 5 rings (SSSR count). The number of rotatable bonds is 10. The third kappa shape index (κ3) is 6.70. The lowest BCUT2D eigenvalue weighted by atomic mass is 9.49. The molecule has 0 spiro atoms. The van der Waals surface area contributed by atoms with E-state index in [1.54, 1.807) is 24.3 Å². The van der Waals surface area contributed by atoms with Crippen LogP contribution in [0.25, 0.3) is 11.4 Å². The normalized spacial score (nSPS) is 16.7. The van der Waals surface area contributed by atoms with E-state index in [-0.39, 0.29) is 53.0 Å². The van der Waals surface area contributed by atoms with Gasteiger partial charge < -0.3 is 25.2 Å². The topological polar surface area (TPSA) is 182 Å². The van der Waals surface area contributed by atoms with E-state index in [9.17, 15) is 18.0 Å². The van der Waals surface area contributed by atoms with Crippen LogP contribution in [0.2, 0.25) is 0 Å². The summed E-state index contributed by atoms with van der Waals surface area (Å²) in [6.45, 7) is 0.386. The number of carbonyl (C=O) groups is 2. The fourth-order valence-electron chi connectivity index (χ4n) is 4.31. The van der Waals surface area contributed by atoms with E-state index in [4.69, 9.17) is 9.26 Å². The van der Waals surface area contributed by atoms with Gasteiger partial charge in [-0.15, -0.1) is 10.2 Å². The molecule has 41 heavy (non-hydrogen) atoms. The molecule has 2 aromatic heterocycles. The minimum absolute atomic E-state index is 0.0140. The van der Waals surface area contributed by atoms with Gasteiger partial charge in [0.2, 0.25) is 27.6 Å². The maximum Gasteiger partial charge on any atom is 0.272 e. The summed E-state index contributed by atoms with van der Waals surface area (Å²) in [6, 6.07) is 6.74. The van der Waals surface area contributed by atoms with Gasteiger partial charge in [0.15, 0.2) is 17.3 Å². The zero-order valence-corrected chi connectivity index (χ0v) is 24.0. The van der Waals surface area contributed by atoms with Crippen molar-refractivity contribution in [2.45, 2.75) is 31.0 Å². The Kier molecular flexibility index (Phi) is 7.79.